The van der Waals surface area contributed by atoms with E-state index in [1.165, 1.54) is 11.3 Å². The van der Waals surface area contributed by atoms with Gasteiger partial charge in [0.1, 0.15) is 17.3 Å². The molecule has 0 atom stereocenters. The van der Waals surface area contributed by atoms with Crippen molar-refractivity contribution in [2.45, 2.75) is 13.0 Å². The van der Waals surface area contributed by atoms with Crippen LogP contribution in [0.2, 0.25) is 0 Å². The predicted octanol–water partition coefficient (Wildman–Crippen LogP) is 3.34. The highest BCUT2D eigenvalue weighted by atomic mass is 16.5. The Morgan fingerprint density at radius 3 is 2.69 bits per heavy atom. The van der Waals surface area contributed by atoms with Crippen LogP contribution in [0.3, 0.4) is 0 Å². The van der Waals surface area contributed by atoms with Crippen LogP contribution >= 0.6 is 0 Å². The Morgan fingerprint density at radius 1 is 1.07 bits per heavy atom. The Morgan fingerprint density at radius 2 is 1.90 bits per heavy atom. The average molecular weight is 390 g/mol. The summed E-state index contributed by atoms with van der Waals surface area (Å²) in [4.78, 5) is 13.1. The molecule has 3 aromatic rings. The second kappa shape index (κ2) is 7.79. The number of anilines is 1. The zero-order chi connectivity index (χ0) is 19.6. The molecule has 2 aliphatic heterocycles. The molecule has 2 aromatic carbocycles. The first-order valence-corrected chi connectivity index (χ1v) is 10.2. The molecular weight excluding hydrogens is 364 g/mol. The van der Waals surface area contributed by atoms with Gasteiger partial charge >= 0.3 is 0 Å². The summed E-state index contributed by atoms with van der Waals surface area (Å²) >= 11 is 0. The minimum absolute atomic E-state index is 0.782. The van der Waals surface area contributed by atoms with Crippen LogP contribution in [0.1, 0.15) is 11.3 Å². The monoisotopic (exact) mass is 390 g/mol. The number of ether oxygens (including phenoxy) is 2. The lowest BCUT2D eigenvalue weighted by Crippen LogP contribution is -2.46. The van der Waals surface area contributed by atoms with Gasteiger partial charge in [0.15, 0.2) is 0 Å². The standard InChI is InChI=1S/C23H26N4O2/c1-28-21-5-3-20(4-6-21)27-11-9-26(10-12-27)16-19-15-24-23(25-19)18-2-7-22-17(14-18)8-13-29-22/h2-7,14-15H,8-13,16H2,1H3,(H,24,25). The Hall–Kier alpha value is -2.99. The third-order valence-corrected chi connectivity index (χ3v) is 5.79. The third-order valence-electron chi connectivity index (χ3n) is 5.79. The fourth-order valence-corrected chi connectivity index (χ4v) is 4.11. The second-order valence-electron chi connectivity index (χ2n) is 7.62. The maximum Gasteiger partial charge on any atom is 0.137 e. The van der Waals surface area contributed by atoms with Crippen molar-refractivity contribution in [2.24, 2.45) is 0 Å². The molecule has 6 heteroatoms. The molecule has 2 aliphatic rings. The van der Waals surface area contributed by atoms with E-state index in [0.717, 1.165) is 74.3 Å². The zero-order valence-electron chi connectivity index (χ0n) is 16.7. The van der Waals surface area contributed by atoms with Crippen molar-refractivity contribution >= 4 is 5.69 Å². The van der Waals surface area contributed by atoms with Crippen molar-refractivity contribution in [2.75, 3.05) is 44.8 Å². The molecule has 1 aromatic heterocycles. The molecule has 6 nitrogen and oxygen atoms in total. The summed E-state index contributed by atoms with van der Waals surface area (Å²) < 4.78 is 10.9. The van der Waals surface area contributed by atoms with Gasteiger partial charge in [0.25, 0.3) is 0 Å². The molecule has 3 heterocycles. The molecule has 5 rings (SSSR count). The second-order valence-corrected chi connectivity index (χ2v) is 7.62. The van der Waals surface area contributed by atoms with E-state index in [2.05, 4.69) is 45.1 Å². The van der Waals surface area contributed by atoms with Gasteiger partial charge < -0.3 is 19.4 Å². The lowest BCUT2D eigenvalue weighted by Gasteiger charge is -2.35. The van der Waals surface area contributed by atoms with Gasteiger partial charge in [0, 0.05) is 56.6 Å². The fraction of sp³-hybridized carbons (Fsp3) is 0.348. The van der Waals surface area contributed by atoms with E-state index < -0.39 is 0 Å². The molecule has 1 fully saturated rings. The van der Waals surface area contributed by atoms with Crippen molar-refractivity contribution in [1.82, 2.24) is 14.9 Å². The molecular formula is C23H26N4O2. The van der Waals surface area contributed by atoms with Gasteiger partial charge in [-0.15, -0.1) is 0 Å². The summed E-state index contributed by atoms with van der Waals surface area (Å²) in [6.45, 7) is 5.77. The van der Waals surface area contributed by atoms with Gasteiger partial charge in [0.05, 0.1) is 19.4 Å². The van der Waals surface area contributed by atoms with E-state index in [0.29, 0.717) is 0 Å². The van der Waals surface area contributed by atoms with Crippen LogP contribution in [0, 0.1) is 0 Å². The average Bonchev–Trinajstić information content (AvgIpc) is 3.43. The molecule has 150 valence electrons. The van der Waals surface area contributed by atoms with Crippen molar-refractivity contribution in [1.29, 1.82) is 0 Å². The van der Waals surface area contributed by atoms with Gasteiger partial charge in [-0.1, -0.05) is 0 Å². The maximum absolute atomic E-state index is 5.60. The normalized spacial score (nSPS) is 16.5. The fourth-order valence-electron chi connectivity index (χ4n) is 4.11. The minimum Gasteiger partial charge on any atom is -0.497 e. The first-order chi connectivity index (χ1) is 14.3. The van der Waals surface area contributed by atoms with Crippen LogP contribution in [0.15, 0.2) is 48.7 Å². The van der Waals surface area contributed by atoms with Crippen molar-refractivity contribution in [3.05, 3.63) is 59.9 Å². The summed E-state index contributed by atoms with van der Waals surface area (Å²) in [6.07, 6.45) is 3.02. The summed E-state index contributed by atoms with van der Waals surface area (Å²) in [5.41, 5.74) is 4.75. The topological polar surface area (TPSA) is 53.6 Å². The van der Waals surface area contributed by atoms with Crippen molar-refractivity contribution < 1.29 is 9.47 Å². The van der Waals surface area contributed by atoms with E-state index in [9.17, 15) is 0 Å². The molecule has 1 N–H and O–H groups in total. The summed E-state index contributed by atoms with van der Waals surface area (Å²) in [5.74, 6) is 2.85. The van der Waals surface area contributed by atoms with Crippen molar-refractivity contribution in [3.8, 4) is 22.9 Å². The largest absolute Gasteiger partial charge is 0.497 e. The van der Waals surface area contributed by atoms with Gasteiger partial charge in [-0.3, -0.25) is 4.90 Å². The van der Waals surface area contributed by atoms with E-state index in [4.69, 9.17) is 14.5 Å². The summed E-state index contributed by atoms with van der Waals surface area (Å²) in [5, 5.41) is 0. The number of benzene rings is 2. The lowest BCUT2D eigenvalue weighted by molar-refractivity contribution is 0.247. The molecule has 0 saturated carbocycles. The number of rotatable bonds is 5. The Balaban J connectivity index is 1.19. The van der Waals surface area contributed by atoms with Gasteiger partial charge in [0.2, 0.25) is 0 Å². The first kappa shape index (κ1) is 18.1. The summed E-state index contributed by atoms with van der Waals surface area (Å²) in [6, 6.07) is 14.7. The lowest BCUT2D eigenvalue weighted by atomic mass is 10.1. The predicted molar refractivity (Wildman–Crippen MR) is 114 cm³/mol. The molecule has 1 saturated heterocycles. The highest BCUT2D eigenvalue weighted by Gasteiger charge is 2.19. The number of piperazine rings is 1. The highest BCUT2D eigenvalue weighted by molar-refractivity contribution is 5.59. The highest BCUT2D eigenvalue weighted by Crippen LogP contribution is 2.29. The third kappa shape index (κ3) is 3.80. The van der Waals surface area contributed by atoms with Crippen LogP contribution in [-0.4, -0.2) is 54.8 Å². The molecule has 0 bridgehead atoms. The van der Waals surface area contributed by atoms with E-state index in [1.54, 1.807) is 7.11 Å². The number of hydrogen-bond acceptors (Lipinski definition) is 5. The van der Waals surface area contributed by atoms with E-state index in [1.807, 2.05) is 18.3 Å². The maximum atomic E-state index is 5.60. The zero-order valence-corrected chi connectivity index (χ0v) is 16.7. The van der Waals surface area contributed by atoms with Crippen LogP contribution < -0.4 is 14.4 Å². The van der Waals surface area contributed by atoms with Gasteiger partial charge in [-0.2, -0.15) is 0 Å². The van der Waals surface area contributed by atoms with Crippen LogP contribution in [0.25, 0.3) is 11.4 Å². The number of nitrogens with zero attached hydrogens (tertiary/aromatic N) is 3. The quantitative estimate of drug-likeness (QED) is 0.724. The van der Waals surface area contributed by atoms with E-state index >= 15 is 0 Å². The molecule has 0 amide bonds. The number of H-pyrrole nitrogens is 1. The smallest absolute Gasteiger partial charge is 0.137 e. The minimum atomic E-state index is 0.782. The SMILES string of the molecule is COc1ccc(N2CCN(Cc3c[nH]c(-c4ccc5c(c4)CCO5)n3)CC2)cc1. The Bertz CT molecular complexity index is 975. The Kier molecular flexibility index (Phi) is 4.86. The number of fused-ring (bicyclic) bond motifs is 1. The number of aromatic nitrogens is 2. The summed E-state index contributed by atoms with van der Waals surface area (Å²) in [7, 11) is 1.70. The Labute approximate surface area is 171 Å². The molecule has 29 heavy (non-hydrogen) atoms. The number of hydrogen-bond donors (Lipinski definition) is 1. The van der Waals surface area contributed by atoms with Crippen LogP contribution in [0.5, 0.6) is 11.5 Å². The molecule has 0 radical (unpaired) electrons. The first-order valence-electron chi connectivity index (χ1n) is 10.2. The van der Waals surface area contributed by atoms with E-state index in [-0.39, 0.29) is 0 Å². The number of methoxy groups -OCH3 is 1. The molecule has 0 unspecified atom stereocenters. The number of imidazole rings is 1. The molecule has 0 aliphatic carbocycles. The van der Waals surface area contributed by atoms with Crippen molar-refractivity contribution in [3.63, 3.8) is 0 Å². The van der Waals surface area contributed by atoms with Crippen LogP contribution in [0.4, 0.5) is 5.69 Å². The van der Waals surface area contributed by atoms with Crippen LogP contribution in [-0.2, 0) is 13.0 Å². The number of aromatic amines is 1. The van der Waals surface area contributed by atoms with Gasteiger partial charge in [-0.25, -0.2) is 4.98 Å². The van der Waals surface area contributed by atoms with Gasteiger partial charge in [-0.05, 0) is 48.0 Å². The number of nitrogens with one attached hydrogen (secondary N) is 1. The molecule has 0 spiro atoms.